The average Bonchev–Trinajstić information content (AvgIpc) is 2.82. The Labute approximate surface area is 108 Å². The standard InChI is InChI=1S/C14H18N2O2/c1-16(8-4-2-3-7-15)10-12-5-6-13-14(9-12)18-11-17-13/h5-6,9H,2-4,8,10-11H2,1H3. The van der Waals surface area contributed by atoms with Gasteiger partial charge in [0.1, 0.15) is 0 Å². The number of unbranched alkanes of at least 4 members (excludes halogenated alkanes) is 2. The summed E-state index contributed by atoms with van der Waals surface area (Å²) in [6, 6.07) is 8.23. The molecule has 0 unspecified atom stereocenters. The molecule has 0 saturated heterocycles. The van der Waals surface area contributed by atoms with Crippen molar-refractivity contribution in [1.82, 2.24) is 4.90 Å². The Morgan fingerprint density at radius 3 is 2.94 bits per heavy atom. The van der Waals surface area contributed by atoms with Gasteiger partial charge in [-0.25, -0.2) is 0 Å². The van der Waals surface area contributed by atoms with Gasteiger partial charge in [-0.15, -0.1) is 0 Å². The molecule has 18 heavy (non-hydrogen) atoms. The third kappa shape index (κ3) is 3.38. The molecule has 96 valence electrons. The summed E-state index contributed by atoms with van der Waals surface area (Å²) in [6.45, 7) is 2.22. The Balaban J connectivity index is 1.80. The first-order valence-electron chi connectivity index (χ1n) is 6.23. The van der Waals surface area contributed by atoms with Crippen LogP contribution in [0.1, 0.15) is 24.8 Å². The van der Waals surface area contributed by atoms with Crippen LogP contribution in [0.3, 0.4) is 0 Å². The molecule has 1 aromatic rings. The lowest BCUT2D eigenvalue weighted by Gasteiger charge is -2.16. The van der Waals surface area contributed by atoms with E-state index in [1.165, 1.54) is 5.56 Å². The van der Waals surface area contributed by atoms with E-state index in [0.29, 0.717) is 13.2 Å². The number of nitrogens with zero attached hydrogens (tertiary/aromatic N) is 2. The highest BCUT2D eigenvalue weighted by atomic mass is 16.7. The van der Waals surface area contributed by atoms with E-state index in [2.05, 4.69) is 24.1 Å². The maximum Gasteiger partial charge on any atom is 0.231 e. The minimum absolute atomic E-state index is 0.322. The molecule has 0 radical (unpaired) electrons. The first-order chi connectivity index (χ1) is 8.79. The van der Waals surface area contributed by atoms with Gasteiger partial charge >= 0.3 is 0 Å². The van der Waals surface area contributed by atoms with Crippen LogP contribution in [0.15, 0.2) is 18.2 Å². The summed E-state index contributed by atoms with van der Waals surface area (Å²) in [5.41, 5.74) is 1.22. The highest BCUT2D eigenvalue weighted by molar-refractivity contribution is 5.44. The molecule has 1 aliphatic heterocycles. The van der Waals surface area contributed by atoms with Gasteiger partial charge in [0, 0.05) is 13.0 Å². The van der Waals surface area contributed by atoms with Crippen molar-refractivity contribution in [2.75, 3.05) is 20.4 Å². The lowest BCUT2D eigenvalue weighted by atomic mass is 10.2. The number of hydrogen-bond acceptors (Lipinski definition) is 4. The molecular formula is C14H18N2O2. The molecule has 0 N–H and O–H groups in total. The third-order valence-corrected chi connectivity index (χ3v) is 2.97. The number of benzene rings is 1. The Morgan fingerprint density at radius 1 is 1.28 bits per heavy atom. The molecule has 0 saturated carbocycles. The Kier molecular flexibility index (Phi) is 4.43. The Bertz CT molecular complexity index is 440. The highest BCUT2D eigenvalue weighted by Crippen LogP contribution is 2.32. The van der Waals surface area contributed by atoms with Gasteiger partial charge in [0.25, 0.3) is 0 Å². The smallest absolute Gasteiger partial charge is 0.231 e. The summed E-state index contributed by atoms with van der Waals surface area (Å²) < 4.78 is 10.6. The molecule has 2 rings (SSSR count). The van der Waals surface area contributed by atoms with Crippen LogP contribution < -0.4 is 9.47 Å². The van der Waals surface area contributed by atoms with Crippen LogP contribution in [0.4, 0.5) is 0 Å². The van der Waals surface area contributed by atoms with Gasteiger partial charge in [-0.05, 0) is 44.1 Å². The van der Waals surface area contributed by atoms with Crippen molar-refractivity contribution in [2.24, 2.45) is 0 Å². The van der Waals surface area contributed by atoms with Gasteiger partial charge < -0.3 is 14.4 Å². The van der Waals surface area contributed by atoms with E-state index >= 15 is 0 Å². The first kappa shape index (κ1) is 12.7. The van der Waals surface area contributed by atoms with Gasteiger partial charge in [0.2, 0.25) is 6.79 Å². The summed E-state index contributed by atoms with van der Waals surface area (Å²) in [5, 5.41) is 8.47. The van der Waals surface area contributed by atoms with E-state index in [1.807, 2.05) is 12.1 Å². The molecule has 1 aromatic carbocycles. The van der Waals surface area contributed by atoms with Crippen molar-refractivity contribution in [2.45, 2.75) is 25.8 Å². The molecule has 0 bridgehead atoms. The van der Waals surface area contributed by atoms with E-state index in [-0.39, 0.29) is 0 Å². The lowest BCUT2D eigenvalue weighted by Crippen LogP contribution is -2.18. The predicted octanol–water partition coefficient (Wildman–Crippen LogP) is 2.54. The molecule has 0 amide bonds. The molecule has 1 heterocycles. The van der Waals surface area contributed by atoms with Crippen LogP contribution in [0.2, 0.25) is 0 Å². The number of fused-ring (bicyclic) bond motifs is 1. The van der Waals surface area contributed by atoms with E-state index in [9.17, 15) is 0 Å². The molecule has 0 spiro atoms. The number of hydrogen-bond donors (Lipinski definition) is 0. The van der Waals surface area contributed by atoms with Crippen LogP contribution in [-0.4, -0.2) is 25.3 Å². The van der Waals surface area contributed by atoms with Crippen LogP contribution in [0.5, 0.6) is 11.5 Å². The second kappa shape index (κ2) is 6.27. The maximum atomic E-state index is 8.47. The predicted molar refractivity (Wildman–Crippen MR) is 68.4 cm³/mol. The van der Waals surface area contributed by atoms with Gasteiger partial charge in [-0.2, -0.15) is 5.26 Å². The number of ether oxygens (including phenoxy) is 2. The monoisotopic (exact) mass is 246 g/mol. The summed E-state index contributed by atoms with van der Waals surface area (Å²) in [4.78, 5) is 2.26. The molecule has 0 aromatic heterocycles. The number of rotatable bonds is 6. The van der Waals surface area contributed by atoms with Crippen molar-refractivity contribution in [3.63, 3.8) is 0 Å². The van der Waals surface area contributed by atoms with Gasteiger partial charge in [0.05, 0.1) is 6.07 Å². The topological polar surface area (TPSA) is 45.5 Å². The summed E-state index contributed by atoms with van der Waals surface area (Å²) in [5.74, 6) is 1.67. The van der Waals surface area contributed by atoms with Gasteiger partial charge in [-0.1, -0.05) is 6.07 Å². The molecular weight excluding hydrogens is 228 g/mol. The minimum atomic E-state index is 0.322. The molecule has 0 aliphatic carbocycles. The maximum absolute atomic E-state index is 8.47. The second-order valence-corrected chi connectivity index (χ2v) is 4.54. The molecule has 4 heteroatoms. The average molecular weight is 246 g/mol. The zero-order chi connectivity index (χ0) is 12.8. The molecule has 4 nitrogen and oxygen atoms in total. The SMILES string of the molecule is CN(CCCCC#N)Cc1ccc2c(c1)OCO2. The van der Waals surface area contributed by atoms with Crippen molar-refractivity contribution < 1.29 is 9.47 Å². The zero-order valence-electron chi connectivity index (χ0n) is 10.7. The molecule has 0 fully saturated rings. The third-order valence-electron chi connectivity index (χ3n) is 2.97. The fourth-order valence-corrected chi connectivity index (χ4v) is 2.02. The van der Waals surface area contributed by atoms with Crippen molar-refractivity contribution >= 4 is 0 Å². The van der Waals surface area contributed by atoms with Crippen molar-refractivity contribution in [1.29, 1.82) is 5.26 Å². The normalized spacial score (nSPS) is 12.7. The fourth-order valence-electron chi connectivity index (χ4n) is 2.02. The van der Waals surface area contributed by atoms with E-state index in [1.54, 1.807) is 0 Å². The molecule has 1 aliphatic rings. The van der Waals surface area contributed by atoms with Crippen LogP contribution in [-0.2, 0) is 6.54 Å². The highest BCUT2D eigenvalue weighted by Gasteiger charge is 2.13. The largest absolute Gasteiger partial charge is 0.454 e. The van der Waals surface area contributed by atoms with Crippen molar-refractivity contribution in [3.8, 4) is 17.6 Å². The zero-order valence-corrected chi connectivity index (χ0v) is 10.7. The van der Waals surface area contributed by atoms with Crippen LogP contribution in [0, 0.1) is 11.3 Å². The fraction of sp³-hybridized carbons (Fsp3) is 0.500. The number of nitriles is 1. The van der Waals surface area contributed by atoms with E-state index in [0.717, 1.165) is 37.4 Å². The minimum Gasteiger partial charge on any atom is -0.454 e. The van der Waals surface area contributed by atoms with E-state index < -0.39 is 0 Å². The summed E-state index contributed by atoms with van der Waals surface area (Å²) in [7, 11) is 2.09. The van der Waals surface area contributed by atoms with Gasteiger partial charge in [-0.3, -0.25) is 0 Å². The first-order valence-corrected chi connectivity index (χ1v) is 6.23. The van der Waals surface area contributed by atoms with Crippen molar-refractivity contribution in [3.05, 3.63) is 23.8 Å². The lowest BCUT2D eigenvalue weighted by molar-refractivity contribution is 0.174. The second-order valence-electron chi connectivity index (χ2n) is 4.54. The van der Waals surface area contributed by atoms with E-state index in [4.69, 9.17) is 14.7 Å². The summed E-state index contributed by atoms with van der Waals surface area (Å²) >= 11 is 0. The summed E-state index contributed by atoms with van der Waals surface area (Å²) in [6.07, 6.45) is 2.69. The Hall–Kier alpha value is -1.73. The Morgan fingerprint density at radius 2 is 2.11 bits per heavy atom. The molecule has 0 atom stereocenters. The van der Waals surface area contributed by atoms with Crippen LogP contribution in [0.25, 0.3) is 0 Å². The van der Waals surface area contributed by atoms with Gasteiger partial charge in [0.15, 0.2) is 11.5 Å². The quantitative estimate of drug-likeness (QED) is 0.724. The van der Waals surface area contributed by atoms with Crippen LogP contribution >= 0.6 is 0 Å².